The Balaban J connectivity index is 2.09. The van der Waals surface area contributed by atoms with Gasteiger partial charge in [0.2, 0.25) is 0 Å². The van der Waals surface area contributed by atoms with E-state index in [-0.39, 0.29) is 0 Å². The van der Waals surface area contributed by atoms with Gasteiger partial charge in [-0.1, -0.05) is 13.8 Å². The molecule has 0 unspecified atom stereocenters. The number of hydrogen-bond acceptors (Lipinski definition) is 3. The molecule has 0 amide bonds. The van der Waals surface area contributed by atoms with Crippen LogP contribution in [0.2, 0.25) is 0 Å². The first-order chi connectivity index (χ1) is 9.00. The van der Waals surface area contributed by atoms with Gasteiger partial charge in [0.1, 0.15) is 13.2 Å². The molecular weight excluding hydrogens is 308 g/mol. The van der Waals surface area contributed by atoms with Crippen LogP contribution in [-0.4, -0.2) is 23.9 Å². The highest BCUT2D eigenvalue weighted by molar-refractivity contribution is 9.10. The molecule has 1 aromatic rings. The maximum absolute atomic E-state index is 10.2. The summed E-state index contributed by atoms with van der Waals surface area (Å²) in [6.07, 6.45) is 2.50. The molecule has 0 bridgehead atoms. The van der Waals surface area contributed by atoms with Crippen LogP contribution in [0.1, 0.15) is 43.7 Å². The highest BCUT2D eigenvalue weighted by Crippen LogP contribution is 2.48. The van der Waals surface area contributed by atoms with E-state index in [9.17, 15) is 5.11 Å². The Morgan fingerprint density at radius 3 is 2.47 bits per heavy atom. The molecule has 3 rings (SSSR count). The van der Waals surface area contributed by atoms with Crippen molar-refractivity contribution in [3.63, 3.8) is 0 Å². The number of ether oxygens (including phenoxy) is 2. The fourth-order valence-corrected chi connectivity index (χ4v) is 3.26. The maximum Gasteiger partial charge on any atom is 0.175 e. The molecule has 19 heavy (non-hydrogen) atoms. The van der Waals surface area contributed by atoms with E-state index in [4.69, 9.17) is 9.47 Å². The van der Waals surface area contributed by atoms with E-state index in [1.165, 1.54) is 11.1 Å². The highest BCUT2D eigenvalue weighted by atomic mass is 79.9. The predicted molar refractivity (Wildman–Crippen MR) is 77.1 cm³/mol. The zero-order chi connectivity index (χ0) is 13.6. The predicted octanol–water partition coefficient (Wildman–Crippen LogP) is 3.41. The van der Waals surface area contributed by atoms with Gasteiger partial charge in [0, 0.05) is 12.0 Å². The smallest absolute Gasteiger partial charge is 0.175 e. The molecule has 4 heteroatoms. The minimum Gasteiger partial charge on any atom is -0.486 e. The number of fused-ring (bicyclic) bond motifs is 1. The third kappa shape index (κ3) is 2.48. The van der Waals surface area contributed by atoms with E-state index in [0.29, 0.717) is 25.6 Å². The molecule has 1 N–H and O–H groups in total. The lowest BCUT2D eigenvalue weighted by atomic mass is 9.91. The molecule has 2 aliphatic rings. The van der Waals surface area contributed by atoms with Crippen molar-refractivity contribution in [2.24, 2.45) is 0 Å². The highest BCUT2D eigenvalue weighted by Gasteiger charge is 2.41. The standard InChI is InChI=1S/C15H19BrO3/c1-9(2)12-10(8-15(17)3-4-15)7-11(16)13-14(12)19-6-5-18-13/h7,9,17H,3-6,8H2,1-2H3. The third-order valence-electron chi connectivity index (χ3n) is 3.81. The fourth-order valence-electron chi connectivity index (χ4n) is 2.69. The monoisotopic (exact) mass is 326 g/mol. The van der Waals surface area contributed by atoms with Gasteiger partial charge in [-0.05, 0) is 46.3 Å². The number of halogens is 1. The summed E-state index contributed by atoms with van der Waals surface area (Å²) in [5.74, 6) is 2.01. The normalized spacial score (nSPS) is 19.6. The van der Waals surface area contributed by atoms with E-state index in [1.54, 1.807) is 0 Å². The Morgan fingerprint density at radius 2 is 1.89 bits per heavy atom. The van der Waals surface area contributed by atoms with Crippen LogP contribution >= 0.6 is 15.9 Å². The van der Waals surface area contributed by atoms with Gasteiger partial charge in [0.25, 0.3) is 0 Å². The van der Waals surface area contributed by atoms with Crippen LogP contribution < -0.4 is 9.47 Å². The van der Waals surface area contributed by atoms with Crippen molar-refractivity contribution in [2.45, 2.75) is 44.6 Å². The van der Waals surface area contributed by atoms with E-state index in [0.717, 1.165) is 28.8 Å². The fraction of sp³-hybridized carbons (Fsp3) is 0.600. The van der Waals surface area contributed by atoms with Crippen LogP contribution in [0, 0.1) is 0 Å². The zero-order valence-electron chi connectivity index (χ0n) is 11.3. The Bertz CT molecular complexity index is 507. The van der Waals surface area contributed by atoms with Gasteiger partial charge in [-0.2, -0.15) is 0 Å². The molecule has 0 saturated heterocycles. The molecule has 1 heterocycles. The summed E-state index contributed by atoms with van der Waals surface area (Å²) in [6.45, 7) is 5.49. The number of hydrogen-bond donors (Lipinski definition) is 1. The molecule has 1 fully saturated rings. The summed E-state index contributed by atoms with van der Waals surface area (Å²) in [4.78, 5) is 0. The average Bonchev–Trinajstić information content (AvgIpc) is 3.06. The first kappa shape index (κ1) is 13.3. The molecule has 104 valence electrons. The van der Waals surface area contributed by atoms with Crippen molar-refractivity contribution in [2.75, 3.05) is 13.2 Å². The van der Waals surface area contributed by atoms with E-state index >= 15 is 0 Å². The SMILES string of the molecule is CC(C)c1c(CC2(O)CC2)cc(Br)c2c1OCCO2. The Kier molecular flexibility index (Phi) is 3.26. The van der Waals surface area contributed by atoms with Crippen molar-refractivity contribution in [1.82, 2.24) is 0 Å². The van der Waals surface area contributed by atoms with Gasteiger partial charge in [0.15, 0.2) is 11.5 Å². The molecule has 1 saturated carbocycles. The maximum atomic E-state index is 10.2. The summed E-state index contributed by atoms with van der Waals surface area (Å²) >= 11 is 3.56. The molecule has 3 nitrogen and oxygen atoms in total. The summed E-state index contributed by atoms with van der Waals surface area (Å²) in [6, 6.07) is 2.08. The molecular formula is C15H19BrO3. The summed E-state index contributed by atoms with van der Waals surface area (Å²) in [5, 5.41) is 10.2. The van der Waals surface area contributed by atoms with Gasteiger partial charge < -0.3 is 14.6 Å². The quantitative estimate of drug-likeness (QED) is 0.925. The zero-order valence-corrected chi connectivity index (χ0v) is 12.9. The summed E-state index contributed by atoms with van der Waals surface area (Å²) < 4.78 is 12.5. The number of rotatable bonds is 3. The Morgan fingerprint density at radius 1 is 1.26 bits per heavy atom. The van der Waals surface area contributed by atoms with Crippen LogP contribution in [-0.2, 0) is 6.42 Å². The van der Waals surface area contributed by atoms with Crippen LogP contribution in [0.15, 0.2) is 10.5 Å². The van der Waals surface area contributed by atoms with Gasteiger partial charge >= 0.3 is 0 Å². The van der Waals surface area contributed by atoms with Crippen molar-refractivity contribution < 1.29 is 14.6 Å². The minimum atomic E-state index is -0.493. The van der Waals surface area contributed by atoms with E-state index in [1.807, 2.05) is 0 Å². The molecule has 0 aromatic heterocycles. The third-order valence-corrected chi connectivity index (χ3v) is 4.40. The summed E-state index contributed by atoms with van der Waals surface area (Å²) in [5.41, 5.74) is 1.86. The lowest BCUT2D eigenvalue weighted by Gasteiger charge is -2.26. The largest absolute Gasteiger partial charge is 0.486 e. The Hall–Kier alpha value is -0.740. The van der Waals surface area contributed by atoms with Gasteiger partial charge in [0.05, 0.1) is 10.1 Å². The van der Waals surface area contributed by atoms with Gasteiger partial charge in [-0.3, -0.25) is 0 Å². The van der Waals surface area contributed by atoms with Crippen LogP contribution in [0.25, 0.3) is 0 Å². The van der Waals surface area contributed by atoms with Gasteiger partial charge in [-0.15, -0.1) is 0 Å². The lowest BCUT2D eigenvalue weighted by molar-refractivity contribution is 0.149. The van der Waals surface area contributed by atoms with Crippen molar-refractivity contribution >= 4 is 15.9 Å². The van der Waals surface area contributed by atoms with Crippen molar-refractivity contribution in [3.05, 3.63) is 21.7 Å². The molecule has 0 radical (unpaired) electrons. The molecule has 1 aromatic carbocycles. The van der Waals surface area contributed by atoms with E-state index in [2.05, 4.69) is 35.8 Å². The Labute approximate surface area is 122 Å². The van der Waals surface area contributed by atoms with Crippen molar-refractivity contribution in [3.8, 4) is 11.5 Å². The molecule has 0 atom stereocenters. The second kappa shape index (κ2) is 4.67. The van der Waals surface area contributed by atoms with Crippen LogP contribution in [0.3, 0.4) is 0 Å². The second-order valence-corrected chi connectivity index (χ2v) is 6.70. The molecule has 0 spiro atoms. The average molecular weight is 327 g/mol. The number of aliphatic hydroxyl groups is 1. The molecule has 1 aliphatic carbocycles. The van der Waals surface area contributed by atoms with Gasteiger partial charge in [-0.25, -0.2) is 0 Å². The van der Waals surface area contributed by atoms with Crippen molar-refractivity contribution in [1.29, 1.82) is 0 Å². The second-order valence-electron chi connectivity index (χ2n) is 5.84. The van der Waals surface area contributed by atoms with Crippen LogP contribution in [0.5, 0.6) is 11.5 Å². The first-order valence-electron chi connectivity index (χ1n) is 6.83. The van der Waals surface area contributed by atoms with E-state index < -0.39 is 5.60 Å². The minimum absolute atomic E-state index is 0.348. The van der Waals surface area contributed by atoms with Crippen LogP contribution in [0.4, 0.5) is 0 Å². The molecule has 1 aliphatic heterocycles. The topological polar surface area (TPSA) is 38.7 Å². The lowest BCUT2D eigenvalue weighted by Crippen LogP contribution is -2.20. The summed E-state index contributed by atoms with van der Waals surface area (Å²) in [7, 11) is 0. The number of benzene rings is 1. The first-order valence-corrected chi connectivity index (χ1v) is 7.63.